The number of morpholine rings is 1. The van der Waals surface area contributed by atoms with Gasteiger partial charge in [0.2, 0.25) is 0 Å². The molecule has 0 saturated carbocycles. The summed E-state index contributed by atoms with van der Waals surface area (Å²) in [6.07, 6.45) is 1.45. The molecule has 0 spiro atoms. The second kappa shape index (κ2) is 6.09. The first-order valence-electron chi connectivity index (χ1n) is 6.72. The molecule has 7 heteroatoms. The molecule has 2 rings (SSSR count). The minimum atomic E-state index is -1.07. The van der Waals surface area contributed by atoms with E-state index in [-0.39, 0.29) is 17.3 Å². The number of pyridine rings is 1. The highest BCUT2D eigenvalue weighted by Gasteiger charge is 2.29. The summed E-state index contributed by atoms with van der Waals surface area (Å²) in [5, 5.41) is 11.6. The zero-order chi connectivity index (χ0) is 15.5. The molecule has 1 aromatic rings. The number of hydrogen-bond donors (Lipinski definition) is 2. The molecule has 2 N–H and O–H groups in total. The predicted octanol–water partition coefficient (Wildman–Crippen LogP) is 1.10. The molecule has 1 aliphatic rings. The van der Waals surface area contributed by atoms with Crippen molar-refractivity contribution in [3.63, 3.8) is 0 Å². The van der Waals surface area contributed by atoms with Crippen LogP contribution in [0.2, 0.25) is 0 Å². The van der Waals surface area contributed by atoms with Crippen LogP contribution in [-0.4, -0.2) is 52.3 Å². The van der Waals surface area contributed by atoms with Crippen LogP contribution in [0.25, 0.3) is 0 Å². The number of carbonyl (C=O) groups excluding carboxylic acids is 1. The number of carboxylic acids is 1. The normalized spacial score (nSPS) is 17.3. The topological polar surface area (TPSA) is 91.8 Å². The van der Waals surface area contributed by atoms with Crippen molar-refractivity contribution in [3.8, 4) is 0 Å². The number of hydrogen-bond acceptors (Lipinski definition) is 4. The molecule has 1 fully saturated rings. The Labute approximate surface area is 122 Å². The van der Waals surface area contributed by atoms with Crippen LogP contribution < -0.4 is 5.32 Å². The summed E-state index contributed by atoms with van der Waals surface area (Å²) in [6, 6.07) is 2.90. The molecule has 0 unspecified atom stereocenters. The standard InChI is InChI=1S/C14H19N3O4/c1-14(2)9-17(5-6-21-14)13(20)16-8-10-3-4-11(12(18)19)15-7-10/h3-4,7H,5-6,8-9H2,1-2H3,(H,16,20)(H,18,19). The van der Waals surface area contributed by atoms with Gasteiger partial charge in [0.15, 0.2) is 0 Å². The predicted molar refractivity (Wildman–Crippen MR) is 75.0 cm³/mol. The lowest BCUT2D eigenvalue weighted by molar-refractivity contribution is -0.0733. The van der Waals surface area contributed by atoms with Crippen molar-refractivity contribution in [1.82, 2.24) is 15.2 Å². The lowest BCUT2D eigenvalue weighted by Gasteiger charge is -2.38. The SMILES string of the molecule is CC1(C)CN(C(=O)NCc2ccc(C(=O)O)nc2)CCO1. The molecule has 0 atom stereocenters. The first-order chi connectivity index (χ1) is 9.87. The van der Waals surface area contributed by atoms with E-state index in [1.54, 1.807) is 11.0 Å². The molecule has 1 aromatic heterocycles. The lowest BCUT2D eigenvalue weighted by Crippen LogP contribution is -2.53. The Morgan fingerprint density at radius 1 is 1.48 bits per heavy atom. The highest BCUT2D eigenvalue weighted by molar-refractivity contribution is 5.85. The Kier molecular flexibility index (Phi) is 4.42. The second-order valence-electron chi connectivity index (χ2n) is 5.55. The maximum atomic E-state index is 12.1. The largest absolute Gasteiger partial charge is 0.477 e. The smallest absolute Gasteiger partial charge is 0.354 e. The number of nitrogens with one attached hydrogen (secondary N) is 1. The molecule has 0 bridgehead atoms. The van der Waals surface area contributed by atoms with Crippen LogP contribution in [-0.2, 0) is 11.3 Å². The highest BCUT2D eigenvalue weighted by atomic mass is 16.5. The Morgan fingerprint density at radius 2 is 2.24 bits per heavy atom. The number of carboxylic acid groups (broad SMARTS) is 1. The second-order valence-corrected chi connectivity index (χ2v) is 5.55. The third-order valence-corrected chi connectivity index (χ3v) is 3.20. The van der Waals surface area contributed by atoms with Gasteiger partial charge < -0.3 is 20.1 Å². The van der Waals surface area contributed by atoms with Gasteiger partial charge in [-0.25, -0.2) is 14.6 Å². The number of nitrogens with zero attached hydrogens (tertiary/aromatic N) is 2. The van der Waals surface area contributed by atoms with Gasteiger partial charge in [-0.1, -0.05) is 6.07 Å². The van der Waals surface area contributed by atoms with Crippen molar-refractivity contribution in [1.29, 1.82) is 0 Å². The van der Waals surface area contributed by atoms with Crippen LogP contribution in [0.1, 0.15) is 29.9 Å². The fourth-order valence-corrected chi connectivity index (χ4v) is 2.13. The van der Waals surface area contributed by atoms with Gasteiger partial charge in [0.1, 0.15) is 5.69 Å². The van der Waals surface area contributed by atoms with Crippen LogP contribution in [0, 0.1) is 0 Å². The zero-order valence-electron chi connectivity index (χ0n) is 12.1. The van der Waals surface area contributed by atoms with Gasteiger partial charge in [0.25, 0.3) is 0 Å². The minimum Gasteiger partial charge on any atom is -0.477 e. The summed E-state index contributed by atoms with van der Waals surface area (Å²) in [5.41, 5.74) is 0.404. The van der Waals surface area contributed by atoms with Gasteiger partial charge in [-0.2, -0.15) is 0 Å². The summed E-state index contributed by atoms with van der Waals surface area (Å²) < 4.78 is 5.56. The Morgan fingerprint density at radius 3 is 2.81 bits per heavy atom. The average molecular weight is 293 g/mol. The molecule has 2 amide bonds. The molecule has 0 aliphatic carbocycles. The van der Waals surface area contributed by atoms with Crippen molar-refractivity contribution >= 4 is 12.0 Å². The average Bonchev–Trinajstić information content (AvgIpc) is 2.44. The van der Waals surface area contributed by atoms with E-state index < -0.39 is 5.97 Å². The van der Waals surface area contributed by atoms with Crippen LogP contribution in [0.5, 0.6) is 0 Å². The minimum absolute atomic E-state index is 0.0139. The maximum absolute atomic E-state index is 12.1. The van der Waals surface area contributed by atoms with Crippen molar-refractivity contribution in [2.24, 2.45) is 0 Å². The molecule has 114 valence electrons. The van der Waals surface area contributed by atoms with Crippen molar-refractivity contribution in [3.05, 3.63) is 29.6 Å². The molecule has 0 aromatic carbocycles. The van der Waals surface area contributed by atoms with E-state index in [2.05, 4.69) is 10.3 Å². The molecular weight excluding hydrogens is 274 g/mol. The monoisotopic (exact) mass is 293 g/mol. The summed E-state index contributed by atoms with van der Waals surface area (Å²) in [5.74, 6) is -1.07. The molecule has 1 aliphatic heterocycles. The molecular formula is C14H19N3O4. The van der Waals surface area contributed by atoms with E-state index in [9.17, 15) is 9.59 Å². The fraction of sp³-hybridized carbons (Fsp3) is 0.500. The summed E-state index contributed by atoms with van der Waals surface area (Å²) in [6.45, 7) is 5.82. The van der Waals surface area contributed by atoms with E-state index >= 15 is 0 Å². The van der Waals surface area contributed by atoms with Gasteiger partial charge in [0, 0.05) is 19.3 Å². The van der Waals surface area contributed by atoms with E-state index in [4.69, 9.17) is 9.84 Å². The zero-order valence-corrected chi connectivity index (χ0v) is 12.1. The van der Waals surface area contributed by atoms with Crippen LogP contribution in [0.15, 0.2) is 18.3 Å². The number of ether oxygens (including phenoxy) is 1. The van der Waals surface area contributed by atoms with E-state index in [1.165, 1.54) is 12.3 Å². The van der Waals surface area contributed by atoms with Crippen LogP contribution >= 0.6 is 0 Å². The Balaban J connectivity index is 1.87. The summed E-state index contributed by atoms with van der Waals surface area (Å²) >= 11 is 0. The fourth-order valence-electron chi connectivity index (χ4n) is 2.13. The molecule has 7 nitrogen and oxygen atoms in total. The van der Waals surface area contributed by atoms with Crippen LogP contribution in [0.4, 0.5) is 4.79 Å². The number of aromatic carboxylic acids is 1. The summed E-state index contributed by atoms with van der Waals surface area (Å²) in [7, 11) is 0. The number of aromatic nitrogens is 1. The molecule has 0 radical (unpaired) electrons. The number of urea groups is 1. The molecule has 1 saturated heterocycles. The van der Waals surface area contributed by atoms with Gasteiger partial charge in [0.05, 0.1) is 18.8 Å². The van der Waals surface area contributed by atoms with Gasteiger partial charge in [-0.15, -0.1) is 0 Å². The summed E-state index contributed by atoms with van der Waals surface area (Å²) in [4.78, 5) is 28.3. The van der Waals surface area contributed by atoms with Gasteiger partial charge in [-0.3, -0.25) is 0 Å². The Bertz CT molecular complexity index is 528. The number of amides is 2. The first kappa shape index (κ1) is 15.2. The lowest BCUT2D eigenvalue weighted by atomic mass is 10.1. The number of carbonyl (C=O) groups is 2. The van der Waals surface area contributed by atoms with E-state index in [0.717, 1.165) is 5.56 Å². The highest BCUT2D eigenvalue weighted by Crippen LogP contribution is 2.16. The van der Waals surface area contributed by atoms with Crippen molar-refractivity contribution in [2.45, 2.75) is 26.0 Å². The van der Waals surface area contributed by atoms with Gasteiger partial charge >= 0.3 is 12.0 Å². The Hall–Kier alpha value is -2.15. The molecule has 2 heterocycles. The van der Waals surface area contributed by atoms with E-state index in [0.29, 0.717) is 26.2 Å². The van der Waals surface area contributed by atoms with Crippen molar-refractivity contribution in [2.75, 3.05) is 19.7 Å². The van der Waals surface area contributed by atoms with Crippen molar-refractivity contribution < 1.29 is 19.4 Å². The van der Waals surface area contributed by atoms with E-state index in [1.807, 2.05) is 13.8 Å². The maximum Gasteiger partial charge on any atom is 0.354 e. The first-order valence-corrected chi connectivity index (χ1v) is 6.72. The molecule has 21 heavy (non-hydrogen) atoms. The third-order valence-electron chi connectivity index (χ3n) is 3.20. The van der Waals surface area contributed by atoms with Gasteiger partial charge in [-0.05, 0) is 25.5 Å². The quantitative estimate of drug-likeness (QED) is 0.870. The van der Waals surface area contributed by atoms with Crippen LogP contribution in [0.3, 0.4) is 0 Å². The third kappa shape index (κ3) is 4.16. The number of rotatable bonds is 3.